The van der Waals surface area contributed by atoms with Crippen LogP contribution in [0.25, 0.3) is 0 Å². The van der Waals surface area contributed by atoms with Crippen LogP contribution in [-0.2, 0) is 16.1 Å². The molecule has 8 heteroatoms. The summed E-state index contributed by atoms with van der Waals surface area (Å²) in [6.07, 6.45) is -0.293. The molecular formula is C27H29N3O4S. The Kier molecular flexibility index (Phi) is 7.60. The molecule has 1 unspecified atom stereocenters. The molecule has 0 aliphatic carbocycles. The first-order valence-corrected chi connectivity index (χ1v) is 12.6. The number of anilines is 1. The number of aromatic nitrogens is 2. The van der Waals surface area contributed by atoms with Crippen LogP contribution in [-0.4, -0.2) is 27.8 Å². The number of benzene rings is 2. The molecule has 1 aromatic heterocycles. The normalized spacial score (nSPS) is 14.9. The molecule has 1 aliphatic rings. The summed E-state index contributed by atoms with van der Waals surface area (Å²) in [7, 11) is 0. The van der Waals surface area contributed by atoms with Crippen LogP contribution in [0.5, 0.6) is 5.75 Å². The largest absolute Gasteiger partial charge is 0.489 e. The molecule has 35 heavy (non-hydrogen) atoms. The predicted octanol–water partition coefficient (Wildman–Crippen LogP) is 5.24. The smallest absolute Gasteiger partial charge is 0.337 e. The maximum atomic E-state index is 13.2. The van der Waals surface area contributed by atoms with Crippen molar-refractivity contribution in [3.8, 4) is 5.75 Å². The number of carbonyl (C=O) groups excluding carboxylic acids is 1. The van der Waals surface area contributed by atoms with E-state index in [1.165, 1.54) is 11.8 Å². The lowest BCUT2D eigenvalue weighted by molar-refractivity contribution is -0.143. The molecule has 3 aromatic rings. The molecule has 0 bridgehead atoms. The highest BCUT2D eigenvalue weighted by Crippen LogP contribution is 2.40. The number of rotatable bonds is 8. The Morgan fingerprint density at radius 1 is 1.11 bits per heavy atom. The van der Waals surface area contributed by atoms with Crippen LogP contribution in [0.1, 0.15) is 50.3 Å². The molecule has 7 nitrogen and oxygen atoms in total. The molecule has 182 valence electrons. The fourth-order valence-corrected chi connectivity index (χ4v) is 4.61. The Balaban J connectivity index is 1.72. The Hall–Kier alpha value is -3.52. The number of hydrogen-bond acceptors (Lipinski definition) is 7. The fourth-order valence-electron chi connectivity index (χ4n) is 4.01. The van der Waals surface area contributed by atoms with Crippen molar-refractivity contribution >= 4 is 23.5 Å². The summed E-state index contributed by atoms with van der Waals surface area (Å²) in [6, 6.07) is 17.4. The molecule has 0 saturated carbocycles. The Labute approximate surface area is 209 Å². The number of ether oxygens (including phenoxy) is 2. The first kappa shape index (κ1) is 24.6. The zero-order valence-corrected chi connectivity index (χ0v) is 21.1. The van der Waals surface area contributed by atoms with Gasteiger partial charge in [-0.1, -0.05) is 61.2 Å². The number of aromatic amines is 1. The standard InChI is InChI=1S/C27H29N3O4S/c1-5-35-27-29-24-23(25(31)30-27)22(21(17(4)28-24)26(32)34-16(2)3)19-11-13-20(14-12-19)33-15-18-9-7-6-8-10-18/h6-14,16,22H,5,15H2,1-4H3,(H2,28,29,30,31). The summed E-state index contributed by atoms with van der Waals surface area (Å²) in [5.74, 6) is 0.836. The van der Waals surface area contributed by atoms with Gasteiger partial charge >= 0.3 is 5.97 Å². The molecule has 0 spiro atoms. The molecule has 1 aliphatic heterocycles. The van der Waals surface area contributed by atoms with Gasteiger partial charge < -0.3 is 19.8 Å². The Bertz CT molecular complexity index is 1280. The Morgan fingerprint density at radius 2 is 1.83 bits per heavy atom. The van der Waals surface area contributed by atoms with E-state index in [1.807, 2.05) is 61.5 Å². The highest BCUT2D eigenvalue weighted by molar-refractivity contribution is 7.99. The number of H-pyrrole nitrogens is 1. The molecule has 2 heterocycles. The third-order valence-electron chi connectivity index (χ3n) is 5.53. The zero-order chi connectivity index (χ0) is 24.9. The van der Waals surface area contributed by atoms with Crippen LogP contribution in [0, 0.1) is 0 Å². The molecular weight excluding hydrogens is 462 g/mol. The van der Waals surface area contributed by atoms with Crippen molar-refractivity contribution in [2.75, 3.05) is 11.1 Å². The number of hydrogen-bond donors (Lipinski definition) is 2. The summed E-state index contributed by atoms with van der Waals surface area (Å²) < 4.78 is 11.5. The van der Waals surface area contributed by atoms with Crippen molar-refractivity contribution in [1.29, 1.82) is 0 Å². The molecule has 2 aromatic carbocycles. The molecule has 0 amide bonds. The fraction of sp³-hybridized carbons (Fsp3) is 0.296. The van der Waals surface area contributed by atoms with Gasteiger partial charge in [-0.05, 0) is 49.8 Å². The van der Waals surface area contributed by atoms with Crippen LogP contribution >= 0.6 is 11.8 Å². The molecule has 4 rings (SSSR count). The van der Waals surface area contributed by atoms with Crippen molar-refractivity contribution in [2.24, 2.45) is 0 Å². The molecule has 0 fully saturated rings. The molecule has 2 N–H and O–H groups in total. The van der Waals surface area contributed by atoms with Crippen LogP contribution in [0.15, 0.2) is 75.8 Å². The summed E-state index contributed by atoms with van der Waals surface area (Å²) in [5, 5.41) is 3.70. The van der Waals surface area contributed by atoms with Gasteiger partial charge in [-0.15, -0.1) is 0 Å². The van der Waals surface area contributed by atoms with Gasteiger partial charge in [-0.2, -0.15) is 0 Å². The van der Waals surface area contributed by atoms with Gasteiger partial charge in [0.15, 0.2) is 5.16 Å². The van der Waals surface area contributed by atoms with Gasteiger partial charge in [0.05, 0.1) is 23.2 Å². The minimum atomic E-state index is -0.627. The van der Waals surface area contributed by atoms with E-state index in [0.29, 0.717) is 40.2 Å². The monoisotopic (exact) mass is 491 g/mol. The Morgan fingerprint density at radius 3 is 2.49 bits per heavy atom. The quantitative estimate of drug-likeness (QED) is 0.253. The van der Waals surface area contributed by atoms with Crippen LogP contribution in [0.2, 0.25) is 0 Å². The number of nitrogens with one attached hydrogen (secondary N) is 2. The lowest BCUT2D eigenvalue weighted by atomic mass is 9.82. The number of allylic oxidation sites excluding steroid dienone is 1. The van der Waals surface area contributed by atoms with Gasteiger partial charge in [0.1, 0.15) is 18.2 Å². The predicted molar refractivity (Wildman–Crippen MR) is 138 cm³/mol. The van der Waals surface area contributed by atoms with E-state index in [-0.39, 0.29) is 11.7 Å². The van der Waals surface area contributed by atoms with E-state index >= 15 is 0 Å². The van der Waals surface area contributed by atoms with E-state index in [1.54, 1.807) is 20.8 Å². The van der Waals surface area contributed by atoms with Crippen molar-refractivity contribution in [3.63, 3.8) is 0 Å². The summed E-state index contributed by atoms with van der Waals surface area (Å²) in [4.78, 5) is 33.8. The summed E-state index contributed by atoms with van der Waals surface area (Å²) in [5.41, 5.74) is 2.97. The minimum absolute atomic E-state index is 0.282. The zero-order valence-electron chi connectivity index (χ0n) is 20.3. The lowest BCUT2D eigenvalue weighted by Crippen LogP contribution is -2.31. The van der Waals surface area contributed by atoms with Crippen LogP contribution in [0.4, 0.5) is 5.82 Å². The first-order valence-electron chi connectivity index (χ1n) is 11.6. The van der Waals surface area contributed by atoms with Gasteiger partial charge in [0.2, 0.25) is 0 Å². The SMILES string of the molecule is CCSc1nc2c(c(=O)[nH]1)C(c1ccc(OCc3ccccc3)cc1)C(C(=O)OC(C)C)=C(C)N2. The van der Waals surface area contributed by atoms with Gasteiger partial charge in [-0.3, -0.25) is 4.79 Å². The van der Waals surface area contributed by atoms with E-state index < -0.39 is 11.9 Å². The van der Waals surface area contributed by atoms with Crippen molar-refractivity contribution in [3.05, 3.63) is 92.9 Å². The van der Waals surface area contributed by atoms with Gasteiger partial charge in [-0.25, -0.2) is 9.78 Å². The second kappa shape index (κ2) is 10.8. The number of nitrogens with zero attached hydrogens (tertiary/aromatic N) is 1. The van der Waals surface area contributed by atoms with Crippen molar-refractivity contribution in [1.82, 2.24) is 9.97 Å². The summed E-state index contributed by atoms with van der Waals surface area (Å²) >= 11 is 1.45. The third-order valence-corrected chi connectivity index (χ3v) is 6.28. The van der Waals surface area contributed by atoms with Gasteiger partial charge in [0, 0.05) is 5.70 Å². The molecule has 1 atom stereocenters. The number of carbonyl (C=O) groups is 1. The second-order valence-corrected chi connectivity index (χ2v) is 9.71. The highest BCUT2D eigenvalue weighted by Gasteiger charge is 2.36. The molecule has 0 radical (unpaired) electrons. The van der Waals surface area contributed by atoms with Crippen molar-refractivity contribution in [2.45, 2.75) is 51.5 Å². The maximum absolute atomic E-state index is 13.2. The number of fused-ring (bicyclic) bond motifs is 1. The highest BCUT2D eigenvalue weighted by atomic mass is 32.2. The average molecular weight is 492 g/mol. The first-order chi connectivity index (χ1) is 16.9. The van der Waals surface area contributed by atoms with Crippen molar-refractivity contribution < 1.29 is 14.3 Å². The van der Waals surface area contributed by atoms with Crippen LogP contribution < -0.4 is 15.6 Å². The van der Waals surface area contributed by atoms with Gasteiger partial charge in [0.25, 0.3) is 5.56 Å². The van der Waals surface area contributed by atoms with Crippen LogP contribution in [0.3, 0.4) is 0 Å². The maximum Gasteiger partial charge on any atom is 0.337 e. The van der Waals surface area contributed by atoms with E-state index in [4.69, 9.17) is 9.47 Å². The number of esters is 1. The van der Waals surface area contributed by atoms with E-state index in [2.05, 4.69) is 15.3 Å². The third kappa shape index (κ3) is 5.59. The van der Waals surface area contributed by atoms with E-state index in [9.17, 15) is 9.59 Å². The van der Waals surface area contributed by atoms with E-state index in [0.717, 1.165) is 16.9 Å². The second-order valence-electron chi connectivity index (χ2n) is 8.46. The average Bonchev–Trinajstić information content (AvgIpc) is 2.82. The molecule has 0 saturated heterocycles. The lowest BCUT2D eigenvalue weighted by Gasteiger charge is -2.29. The minimum Gasteiger partial charge on any atom is -0.489 e. The number of thioether (sulfide) groups is 1. The topological polar surface area (TPSA) is 93.3 Å². The summed E-state index contributed by atoms with van der Waals surface area (Å²) in [6.45, 7) is 7.85.